The summed E-state index contributed by atoms with van der Waals surface area (Å²) in [4.78, 5) is 31.9. The molecule has 1 atom stereocenters. The quantitative estimate of drug-likeness (QED) is 0.229. The molecule has 7 nitrogen and oxygen atoms in total. The molecule has 0 radical (unpaired) electrons. The molecular weight excluding hydrogens is 538 g/mol. The summed E-state index contributed by atoms with van der Waals surface area (Å²) in [5, 5.41) is 6.01. The van der Waals surface area contributed by atoms with Gasteiger partial charge < -0.3 is 20.1 Å². The summed E-state index contributed by atoms with van der Waals surface area (Å²) < 4.78 is 11.9. The zero-order valence-electron chi connectivity index (χ0n) is 24.7. The van der Waals surface area contributed by atoms with E-state index in [0.717, 1.165) is 11.1 Å². The number of methoxy groups -OCH3 is 1. The van der Waals surface area contributed by atoms with E-state index in [-0.39, 0.29) is 11.8 Å². The molecule has 1 aliphatic rings. The van der Waals surface area contributed by atoms with E-state index in [9.17, 15) is 9.59 Å². The van der Waals surface area contributed by atoms with Gasteiger partial charge in [-0.2, -0.15) is 0 Å². The van der Waals surface area contributed by atoms with Crippen LogP contribution in [0.25, 0.3) is 0 Å². The molecule has 1 unspecified atom stereocenters. The summed E-state index contributed by atoms with van der Waals surface area (Å²) in [6.45, 7) is 5.74. The average Bonchev–Trinajstić information content (AvgIpc) is 3.52. The van der Waals surface area contributed by atoms with Crippen LogP contribution in [0.4, 0.5) is 5.69 Å². The molecule has 1 aliphatic heterocycles. The Morgan fingerprint density at radius 3 is 2.00 bits per heavy atom. The van der Waals surface area contributed by atoms with E-state index in [1.807, 2.05) is 93.6 Å². The van der Waals surface area contributed by atoms with Crippen LogP contribution in [0.15, 0.2) is 120 Å². The summed E-state index contributed by atoms with van der Waals surface area (Å²) in [5.41, 5.74) is 1.58. The molecule has 0 bridgehead atoms. The Kier molecular flexibility index (Phi) is 8.44. The molecule has 0 saturated heterocycles. The number of nitrogens with zero attached hydrogens (tertiary/aromatic N) is 1. The lowest BCUT2D eigenvalue weighted by Crippen LogP contribution is -2.41. The first-order valence-corrected chi connectivity index (χ1v) is 14.1. The molecule has 0 spiro atoms. The third-order valence-corrected chi connectivity index (χ3v) is 7.00. The number of carbonyl (C=O) groups is 2. The lowest BCUT2D eigenvalue weighted by atomic mass is 9.90. The van der Waals surface area contributed by atoms with Crippen molar-refractivity contribution in [3.8, 4) is 11.5 Å². The topological polar surface area (TPSA) is 89.0 Å². The van der Waals surface area contributed by atoms with Crippen molar-refractivity contribution in [2.75, 3.05) is 12.4 Å². The van der Waals surface area contributed by atoms with Crippen LogP contribution in [0, 0.1) is 0 Å². The number of ether oxygens (including phenoxy) is 2. The first-order valence-electron chi connectivity index (χ1n) is 14.1. The van der Waals surface area contributed by atoms with Gasteiger partial charge in [0.2, 0.25) is 0 Å². The third kappa shape index (κ3) is 6.67. The number of nitrogens with one attached hydrogen (secondary N) is 2. The fraction of sp³-hybridized carbons (Fsp3) is 0.194. The molecule has 0 aliphatic carbocycles. The van der Waals surface area contributed by atoms with Gasteiger partial charge in [-0.3, -0.25) is 14.6 Å². The van der Waals surface area contributed by atoms with Crippen LogP contribution in [0.2, 0.25) is 0 Å². The van der Waals surface area contributed by atoms with Crippen molar-refractivity contribution in [1.29, 1.82) is 0 Å². The fourth-order valence-corrected chi connectivity index (χ4v) is 4.90. The molecule has 218 valence electrons. The van der Waals surface area contributed by atoms with E-state index in [0.29, 0.717) is 28.3 Å². The highest BCUT2D eigenvalue weighted by Gasteiger charge is 2.39. The van der Waals surface area contributed by atoms with E-state index >= 15 is 0 Å². The molecule has 5 rings (SSSR count). The minimum absolute atomic E-state index is 0.300. The minimum atomic E-state index is -1.25. The maximum absolute atomic E-state index is 13.8. The molecule has 1 heterocycles. The minimum Gasteiger partial charge on any atom is -0.497 e. The molecule has 0 fully saturated rings. The van der Waals surface area contributed by atoms with Gasteiger partial charge >= 0.3 is 0 Å². The van der Waals surface area contributed by atoms with Gasteiger partial charge in [0.05, 0.1) is 12.7 Å². The van der Waals surface area contributed by atoms with Crippen molar-refractivity contribution >= 4 is 23.7 Å². The van der Waals surface area contributed by atoms with E-state index in [1.165, 1.54) is 0 Å². The summed E-state index contributed by atoms with van der Waals surface area (Å²) in [6, 6.07) is 32.0. The normalized spacial score (nSPS) is 15.7. The van der Waals surface area contributed by atoms with Gasteiger partial charge in [-0.25, -0.2) is 0 Å². The molecule has 0 aromatic heterocycles. The van der Waals surface area contributed by atoms with Gasteiger partial charge in [-0.15, -0.1) is 0 Å². The number of anilines is 1. The largest absolute Gasteiger partial charge is 0.497 e. The summed E-state index contributed by atoms with van der Waals surface area (Å²) in [6.07, 6.45) is 4.64. The van der Waals surface area contributed by atoms with E-state index in [2.05, 4.69) is 15.6 Å². The van der Waals surface area contributed by atoms with Crippen LogP contribution < -0.4 is 20.1 Å². The predicted molar refractivity (Wildman–Crippen MR) is 170 cm³/mol. The number of benzene rings is 4. The third-order valence-electron chi connectivity index (χ3n) is 7.00. The van der Waals surface area contributed by atoms with Crippen LogP contribution in [-0.4, -0.2) is 30.7 Å². The molecule has 4 aromatic rings. The van der Waals surface area contributed by atoms with Gasteiger partial charge in [-0.1, -0.05) is 72.8 Å². The average molecular weight is 574 g/mol. The fourth-order valence-electron chi connectivity index (χ4n) is 4.90. The molecule has 0 saturated carbocycles. The summed E-state index contributed by atoms with van der Waals surface area (Å²) in [7, 11) is 1.59. The second kappa shape index (κ2) is 12.4. The number of aliphatic imine (C=N–C) groups is 1. The van der Waals surface area contributed by atoms with Crippen molar-refractivity contribution < 1.29 is 19.1 Å². The van der Waals surface area contributed by atoms with Crippen LogP contribution in [0.5, 0.6) is 11.5 Å². The van der Waals surface area contributed by atoms with Crippen molar-refractivity contribution in [2.45, 2.75) is 38.0 Å². The Morgan fingerprint density at radius 1 is 0.837 bits per heavy atom. The van der Waals surface area contributed by atoms with Gasteiger partial charge in [0.25, 0.3) is 11.8 Å². The zero-order valence-corrected chi connectivity index (χ0v) is 24.7. The Hall–Kier alpha value is -5.17. The second-order valence-corrected chi connectivity index (χ2v) is 11.3. The number of hydrogen-bond acceptors (Lipinski definition) is 5. The molecule has 2 N–H and O–H groups in total. The summed E-state index contributed by atoms with van der Waals surface area (Å²) >= 11 is 0. The number of amides is 2. The molecule has 7 heteroatoms. The second-order valence-electron chi connectivity index (χ2n) is 11.3. The first kappa shape index (κ1) is 29.3. The van der Waals surface area contributed by atoms with Crippen LogP contribution >= 0.6 is 0 Å². The predicted octanol–water partition coefficient (Wildman–Crippen LogP) is 6.87. The van der Waals surface area contributed by atoms with Gasteiger partial charge in [-0.05, 0) is 79.9 Å². The first-order chi connectivity index (χ1) is 20.7. The van der Waals surface area contributed by atoms with Crippen LogP contribution in [0.3, 0.4) is 0 Å². The van der Waals surface area contributed by atoms with Gasteiger partial charge in [0, 0.05) is 17.4 Å². The SMILES string of the molecule is COc1ccc(C2(C(=O)Nc3ccc(OC(c4ccccc4)c4ccccc4)c(C(=O)NC(C)(C)C)c3)C=CC=N2)cc1. The van der Waals surface area contributed by atoms with Crippen molar-refractivity contribution in [2.24, 2.45) is 4.99 Å². The van der Waals surface area contributed by atoms with Gasteiger partial charge in [0.1, 0.15) is 17.6 Å². The Bertz CT molecular complexity index is 1590. The van der Waals surface area contributed by atoms with Crippen LogP contribution in [-0.2, 0) is 10.3 Å². The number of allylic oxidation sites excluding steroid dienone is 1. The highest BCUT2D eigenvalue weighted by molar-refractivity contribution is 6.05. The number of carbonyl (C=O) groups excluding carboxylic acids is 2. The highest BCUT2D eigenvalue weighted by Crippen LogP contribution is 2.35. The molecule has 2 amide bonds. The van der Waals surface area contributed by atoms with Crippen molar-refractivity contribution in [3.63, 3.8) is 0 Å². The maximum Gasteiger partial charge on any atom is 0.260 e. The molecule has 4 aromatic carbocycles. The monoisotopic (exact) mass is 573 g/mol. The highest BCUT2D eigenvalue weighted by atomic mass is 16.5. The zero-order chi connectivity index (χ0) is 30.5. The van der Waals surface area contributed by atoms with Crippen molar-refractivity contribution in [3.05, 3.63) is 138 Å². The summed E-state index contributed by atoms with van der Waals surface area (Å²) in [5.74, 6) is 0.396. The van der Waals surface area contributed by atoms with E-state index < -0.39 is 17.2 Å². The lowest BCUT2D eigenvalue weighted by molar-refractivity contribution is -0.119. The Balaban J connectivity index is 1.50. The number of hydrogen-bond donors (Lipinski definition) is 2. The Labute approximate surface area is 252 Å². The maximum atomic E-state index is 13.8. The van der Waals surface area contributed by atoms with Gasteiger partial charge in [0.15, 0.2) is 5.54 Å². The lowest BCUT2D eigenvalue weighted by Gasteiger charge is -2.26. The Morgan fingerprint density at radius 2 is 1.47 bits per heavy atom. The molecule has 43 heavy (non-hydrogen) atoms. The standard InChI is InChI=1S/C36H35N3O4/c1-35(2,3)39-33(40)30-24-28(38-34(41)36(22-11-23-37-36)27-16-19-29(42-4)20-17-27)18-21-31(30)43-32(25-12-7-5-8-13-25)26-14-9-6-10-15-26/h5-24,32H,1-4H3,(H,38,41)(H,39,40). The van der Waals surface area contributed by atoms with Crippen LogP contribution in [0.1, 0.15) is 53.9 Å². The van der Waals surface area contributed by atoms with E-state index in [1.54, 1.807) is 55.8 Å². The van der Waals surface area contributed by atoms with Crippen molar-refractivity contribution in [1.82, 2.24) is 5.32 Å². The number of rotatable bonds is 9. The smallest absolute Gasteiger partial charge is 0.260 e. The molecular formula is C36H35N3O4. The van der Waals surface area contributed by atoms with E-state index in [4.69, 9.17) is 9.47 Å².